The molecule has 3 nitrogen and oxygen atoms in total. The second-order valence-corrected chi connectivity index (χ2v) is 5.65. The van der Waals surface area contributed by atoms with E-state index in [0.717, 1.165) is 8.95 Å². The second kappa shape index (κ2) is 6.12. The Labute approximate surface area is 127 Å². The molecule has 0 fully saturated rings. The summed E-state index contributed by atoms with van der Waals surface area (Å²) in [6.45, 7) is 0. The minimum absolute atomic E-state index is 0.197. The van der Waals surface area contributed by atoms with Gasteiger partial charge in [-0.05, 0) is 36.4 Å². The first-order valence-electron chi connectivity index (χ1n) is 5.46. The van der Waals surface area contributed by atoms with Gasteiger partial charge in [-0.2, -0.15) is 5.10 Å². The Morgan fingerprint density at radius 1 is 0.842 bits per heavy atom. The van der Waals surface area contributed by atoms with E-state index in [9.17, 15) is 4.79 Å². The first-order valence-corrected chi connectivity index (χ1v) is 7.04. The third kappa shape index (κ3) is 3.30. The summed E-state index contributed by atoms with van der Waals surface area (Å²) in [4.78, 5) is 12.3. The first kappa shape index (κ1) is 14.0. The van der Waals surface area contributed by atoms with Crippen molar-refractivity contribution in [2.45, 2.75) is 0 Å². The minimum Gasteiger partial charge on any atom is -0.323 e. The van der Waals surface area contributed by atoms with E-state index in [-0.39, 0.29) is 11.5 Å². The normalized spacial score (nSPS) is 11.4. The van der Waals surface area contributed by atoms with Crippen LogP contribution in [0.15, 0.2) is 62.6 Å². The van der Waals surface area contributed by atoms with Crippen LogP contribution in [0, 0.1) is 0 Å². The molecule has 0 saturated carbocycles. The van der Waals surface area contributed by atoms with Crippen molar-refractivity contribution in [2.75, 3.05) is 0 Å². The molecule has 0 radical (unpaired) electrons. The number of hydrogen-bond donors (Lipinski definition) is 1. The van der Waals surface area contributed by atoms with Gasteiger partial charge in [0, 0.05) is 20.1 Å². The van der Waals surface area contributed by atoms with E-state index >= 15 is 0 Å². The number of nitrogens with zero attached hydrogens (tertiary/aromatic N) is 1. The molecule has 2 aromatic rings. The van der Waals surface area contributed by atoms with Gasteiger partial charge in [-0.15, -0.1) is 0 Å². The van der Waals surface area contributed by atoms with Gasteiger partial charge in [-0.1, -0.05) is 44.0 Å². The SMILES string of the molecule is N/N=C(/C(=O)c1ccc(Br)cc1)c1ccc(Br)cc1. The van der Waals surface area contributed by atoms with Gasteiger partial charge in [-0.25, -0.2) is 0 Å². The lowest BCUT2D eigenvalue weighted by Gasteiger charge is -2.05. The number of benzene rings is 2. The predicted molar refractivity (Wildman–Crippen MR) is 83.3 cm³/mol. The van der Waals surface area contributed by atoms with Gasteiger partial charge in [0.2, 0.25) is 5.78 Å². The molecule has 0 unspecified atom stereocenters. The molecular formula is C14H10Br2N2O. The molecule has 0 aliphatic rings. The topological polar surface area (TPSA) is 55.4 Å². The average Bonchev–Trinajstić information content (AvgIpc) is 2.42. The van der Waals surface area contributed by atoms with Gasteiger partial charge >= 0.3 is 0 Å². The number of nitrogens with two attached hydrogens (primary N) is 1. The number of halogens is 2. The van der Waals surface area contributed by atoms with Crippen LogP contribution in [0.3, 0.4) is 0 Å². The average molecular weight is 382 g/mol. The van der Waals surface area contributed by atoms with Crippen molar-refractivity contribution in [3.63, 3.8) is 0 Å². The Kier molecular flexibility index (Phi) is 4.50. The number of hydrazone groups is 1. The molecular weight excluding hydrogens is 372 g/mol. The van der Waals surface area contributed by atoms with E-state index < -0.39 is 0 Å². The predicted octanol–water partition coefficient (Wildman–Crippen LogP) is 3.76. The molecule has 0 amide bonds. The van der Waals surface area contributed by atoms with Gasteiger partial charge in [0.15, 0.2) is 0 Å². The monoisotopic (exact) mass is 380 g/mol. The Hall–Kier alpha value is -1.46. The Morgan fingerprint density at radius 2 is 1.26 bits per heavy atom. The summed E-state index contributed by atoms with van der Waals surface area (Å²) < 4.78 is 1.85. The van der Waals surface area contributed by atoms with Crippen LogP contribution in [0.2, 0.25) is 0 Å². The highest BCUT2D eigenvalue weighted by Gasteiger charge is 2.16. The molecule has 0 heterocycles. The van der Waals surface area contributed by atoms with Crippen LogP contribution in [0.5, 0.6) is 0 Å². The fourth-order valence-electron chi connectivity index (χ4n) is 1.61. The second-order valence-electron chi connectivity index (χ2n) is 3.82. The Morgan fingerprint density at radius 3 is 1.68 bits per heavy atom. The summed E-state index contributed by atoms with van der Waals surface area (Å²) in [6, 6.07) is 14.4. The molecule has 2 aromatic carbocycles. The van der Waals surface area contributed by atoms with Crippen LogP contribution in [0.1, 0.15) is 15.9 Å². The third-order valence-corrected chi connectivity index (χ3v) is 3.63. The van der Waals surface area contributed by atoms with Crippen LogP contribution in [0.25, 0.3) is 0 Å². The van der Waals surface area contributed by atoms with Crippen molar-refractivity contribution in [2.24, 2.45) is 10.9 Å². The summed E-state index contributed by atoms with van der Waals surface area (Å²) in [5, 5.41) is 3.63. The summed E-state index contributed by atoms with van der Waals surface area (Å²) >= 11 is 6.68. The number of Topliss-reactive ketones (excluding diaryl/α,β-unsaturated/α-hetero) is 1. The molecule has 0 aliphatic heterocycles. The van der Waals surface area contributed by atoms with Crippen molar-refractivity contribution in [1.29, 1.82) is 0 Å². The minimum atomic E-state index is -0.197. The van der Waals surface area contributed by atoms with E-state index in [1.54, 1.807) is 24.3 Å². The zero-order valence-electron chi connectivity index (χ0n) is 9.81. The van der Waals surface area contributed by atoms with Crippen LogP contribution >= 0.6 is 31.9 Å². The largest absolute Gasteiger partial charge is 0.323 e. The molecule has 0 bridgehead atoms. The van der Waals surface area contributed by atoms with Crippen LogP contribution in [0.4, 0.5) is 0 Å². The van der Waals surface area contributed by atoms with E-state index in [0.29, 0.717) is 11.1 Å². The molecule has 2 N–H and O–H groups in total. The molecule has 5 heteroatoms. The van der Waals surface area contributed by atoms with Crippen molar-refractivity contribution in [3.8, 4) is 0 Å². The lowest BCUT2D eigenvalue weighted by molar-refractivity contribution is 0.106. The lowest BCUT2D eigenvalue weighted by Crippen LogP contribution is -2.17. The highest BCUT2D eigenvalue weighted by atomic mass is 79.9. The van der Waals surface area contributed by atoms with Crippen LogP contribution < -0.4 is 5.84 Å². The molecule has 2 rings (SSSR count). The highest BCUT2D eigenvalue weighted by Crippen LogP contribution is 2.15. The molecule has 0 atom stereocenters. The highest BCUT2D eigenvalue weighted by molar-refractivity contribution is 9.10. The van der Waals surface area contributed by atoms with Gasteiger partial charge in [-0.3, -0.25) is 4.79 Å². The third-order valence-electron chi connectivity index (χ3n) is 2.57. The fourth-order valence-corrected chi connectivity index (χ4v) is 2.14. The standard InChI is InChI=1S/C14H10Br2N2O/c15-11-5-1-9(2-6-11)13(18-17)14(19)10-3-7-12(16)8-4-10/h1-8H,17H2/b18-13+. The maximum absolute atomic E-state index is 12.3. The molecule has 19 heavy (non-hydrogen) atoms. The summed E-state index contributed by atoms with van der Waals surface area (Å²) in [5.41, 5.74) is 1.49. The van der Waals surface area contributed by atoms with E-state index in [1.165, 1.54) is 0 Å². The van der Waals surface area contributed by atoms with Gasteiger partial charge in [0.25, 0.3) is 0 Å². The Balaban J connectivity index is 2.35. The zero-order chi connectivity index (χ0) is 13.8. The quantitative estimate of drug-likeness (QED) is 0.381. The Bertz CT molecular complexity index is 619. The summed E-state index contributed by atoms with van der Waals surface area (Å²) in [5.74, 6) is 5.16. The van der Waals surface area contributed by atoms with Crippen molar-refractivity contribution in [1.82, 2.24) is 0 Å². The number of rotatable bonds is 3. The van der Waals surface area contributed by atoms with Crippen LogP contribution in [-0.4, -0.2) is 11.5 Å². The molecule has 0 saturated heterocycles. The van der Waals surface area contributed by atoms with Crippen LogP contribution in [-0.2, 0) is 0 Å². The molecule has 0 aromatic heterocycles. The molecule has 0 spiro atoms. The number of ketones is 1. The maximum Gasteiger partial charge on any atom is 0.213 e. The lowest BCUT2D eigenvalue weighted by atomic mass is 10.0. The first-order chi connectivity index (χ1) is 9.11. The molecule has 96 valence electrons. The van der Waals surface area contributed by atoms with Gasteiger partial charge < -0.3 is 5.84 Å². The summed E-state index contributed by atoms with van der Waals surface area (Å²) in [7, 11) is 0. The van der Waals surface area contributed by atoms with Gasteiger partial charge in [0.1, 0.15) is 5.71 Å². The molecule has 0 aliphatic carbocycles. The maximum atomic E-state index is 12.3. The van der Waals surface area contributed by atoms with E-state index in [1.807, 2.05) is 24.3 Å². The number of carbonyl (C=O) groups excluding carboxylic acids is 1. The smallest absolute Gasteiger partial charge is 0.213 e. The van der Waals surface area contributed by atoms with Crippen molar-refractivity contribution in [3.05, 3.63) is 68.6 Å². The van der Waals surface area contributed by atoms with E-state index in [2.05, 4.69) is 37.0 Å². The number of carbonyl (C=O) groups is 1. The fraction of sp³-hybridized carbons (Fsp3) is 0. The number of hydrogen-bond acceptors (Lipinski definition) is 3. The van der Waals surface area contributed by atoms with Crippen molar-refractivity contribution >= 4 is 43.4 Å². The van der Waals surface area contributed by atoms with E-state index in [4.69, 9.17) is 5.84 Å². The van der Waals surface area contributed by atoms with Gasteiger partial charge in [0.05, 0.1) is 0 Å². The summed E-state index contributed by atoms with van der Waals surface area (Å²) in [6.07, 6.45) is 0. The van der Waals surface area contributed by atoms with Crippen molar-refractivity contribution < 1.29 is 4.79 Å². The zero-order valence-corrected chi connectivity index (χ0v) is 13.0.